The standard InChI is InChI=1S/C20H22F4N6O/c1-19(21)2-3-29(10-19)18-27-15(11-4-14(20(22,23)24)17(25)26-7-11)6-16(28-18)30-8-13-5-12(30)9-31-13/h4,6-7,12-13H,2-3,5,8-10H2,1H3,(H2,25,26)/t12-,13-,19-/m0/s1. The molecule has 3 fully saturated rings. The van der Waals surface area contributed by atoms with Crippen molar-refractivity contribution in [3.8, 4) is 11.3 Å². The number of hydrogen-bond acceptors (Lipinski definition) is 7. The van der Waals surface area contributed by atoms with Gasteiger partial charge in [0.15, 0.2) is 0 Å². The van der Waals surface area contributed by atoms with Crippen LogP contribution in [-0.4, -0.2) is 59.0 Å². The number of anilines is 3. The van der Waals surface area contributed by atoms with Crippen LogP contribution in [0.25, 0.3) is 11.3 Å². The second kappa shape index (κ2) is 6.91. The number of morpholine rings is 1. The second-order valence-electron chi connectivity index (χ2n) is 8.65. The van der Waals surface area contributed by atoms with Gasteiger partial charge in [0.05, 0.1) is 36.6 Å². The summed E-state index contributed by atoms with van der Waals surface area (Å²) in [5.74, 6) is 0.295. The molecule has 0 aromatic carbocycles. The minimum absolute atomic E-state index is 0.114. The van der Waals surface area contributed by atoms with Crippen molar-refractivity contribution in [1.29, 1.82) is 0 Å². The number of alkyl halides is 4. The molecule has 11 heteroatoms. The highest BCUT2D eigenvalue weighted by atomic mass is 19.4. The van der Waals surface area contributed by atoms with Crippen molar-refractivity contribution >= 4 is 17.6 Å². The third-order valence-corrected chi connectivity index (χ3v) is 6.12. The number of nitrogens with zero attached hydrogens (tertiary/aromatic N) is 5. The third kappa shape index (κ3) is 3.75. The molecule has 0 unspecified atom stereocenters. The highest BCUT2D eigenvalue weighted by molar-refractivity contribution is 5.67. The smallest absolute Gasteiger partial charge is 0.383 e. The van der Waals surface area contributed by atoms with E-state index in [-0.39, 0.29) is 29.9 Å². The maximum Gasteiger partial charge on any atom is 0.419 e. The Labute approximate surface area is 176 Å². The normalized spacial score (nSPS) is 28.0. The molecule has 0 spiro atoms. The maximum absolute atomic E-state index is 14.4. The Balaban J connectivity index is 1.58. The van der Waals surface area contributed by atoms with E-state index in [9.17, 15) is 17.6 Å². The summed E-state index contributed by atoms with van der Waals surface area (Å²) in [4.78, 5) is 16.7. The summed E-state index contributed by atoms with van der Waals surface area (Å²) < 4.78 is 60.2. The quantitative estimate of drug-likeness (QED) is 0.738. The van der Waals surface area contributed by atoms with Gasteiger partial charge in [0.25, 0.3) is 0 Å². The van der Waals surface area contributed by atoms with Gasteiger partial charge < -0.3 is 20.3 Å². The second-order valence-corrected chi connectivity index (χ2v) is 8.65. The van der Waals surface area contributed by atoms with E-state index in [0.29, 0.717) is 37.9 Å². The molecule has 5 heterocycles. The maximum atomic E-state index is 14.4. The van der Waals surface area contributed by atoms with Gasteiger partial charge in [-0.05, 0) is 19.4 Å². The van der Waals surface area contributed by atoms with Gasteiger partial charge in [-0.3, -0.25) is 0 Å². The van der Waals surface area contributed by atoms with Crippen molar-refractivity contribution in [1.82, 2.24) is 15.0 Å². The van der Waals surface area contributed by atoms with Gasteiger partial charge in [-0.15, -0.1) is 0 Å². The van der Waals surface area contributed by atoms with Gasteiger partial charge in [-0.2, -0.15) is 18.2 Å². The van der Waals surface area contributed by atoms with Crippen LogP contribution in [0, 0.1) is 0 Å². The van der Waals surface area contributed by atoms with E-state index in [4.69, 9.17) is 10.5 Å². The molecule has 2 bridgehead atoms. The molecule has 3 atom stereocenters. The average molecular weight is 438 g/mol. The number of fused-ring (bicyclic) bond motifs is 2. The number of hydrogen-bond donors (Lipinski definition) is 1. The summed E-state index contributed by atoms with van der Waals surface area (Å²) >= 11 is 0. The van der Waals surface area contributed by atoms with Crippen molar-refractivity contribution < 1.29 is 22.3 Å². The van der Waals surface area contributed by atoms with E-state index in [1.54, 1.807) is 11.0 Å². The molecular weight excluding hydrogens is 416 g/mol. The predicted octanol–water partition coefficient (Wildman–Crippen LogP) is 3.06. The van der Waals surface area contributed by atoms with Gasteiger partial charge >= 0.3 is 6.18 Å². The lowest BCUT2D eigenvalue weighted by atomic mass is 10.1. The van der Waals surface area contributed by atoms with E-state index in [1.807, 2.05) is 0 Å². The van der Waals surface area contributed by atoms with Crippen LogP contribution in [0.2, 0.25) is 0 Å². The lowest BCUT2D eigenvalue weighted by Crippen LogP contribution is -2.38. The fourth-order valence-corrected chi connectivity index (χ4v) is 4.48. The first-order valence-corrected chi connectivity index (χ1v) is 10.1. The van der Waals surface area contributed by atoms with E-state index < -0.39 is 23.2 Å². The van der Waals surface area contributed by atoms with Crippen molar-refractivity contribution in [3.63, 3.8) is 0 Å². The van der Waals surface area contributed by atoms with Crippen LogP contribution in [0.4, 0.5) is 35.1 Å². The Morgan fingerprint density at radius 2 is 2.06 bits per heavy atom. The predicted molar refractivity (Wildman–Crippen MR) is 107 cm³/mol. The molecule has 31 heavy (non-hydrogen) atoms. The topological polar surface area (TPSA) is 80.4 Å². The zero-order valence-electron chi connectivity index (χ0n) is 16.9. The lowest BCUT2D eigenvalue weighted by molar-refractivity contribution is -0.137. The minimum atomic E-state index is -4.64. The molecule has 7 nitrogen and oxygen atoms in total. The molecule has 166 valence electrons. The van der Waals surface area contributed by atoms with Crippen molar-refractivity contribution in [2.75, 3.05) is 41.8 Å². The van der Waals surface area contributed by atoms with Crippen LogP contribution in [0.3, 0.4) is 0 Å². The third-order valence-electron chi connectivity index (χ3n) is 6.12. The molecule has 2 N–H and O–H groups in total. The minimum Gasteiger partial charge on any atom is -0.383 e. The molecule has 0 saturated carbocycles. The number of aromatic nitrogens is 3. The van der Waals surface area contributed by atoms with Crippen LogP contribution in [0.5, 0.6) is 0 Å². The average Bonchev–Trinajstić information content (AvgIpc) is 3.42. The molecule has 3 aliphatic heterocycles. The Hall–Kier alpha value is -2.69. The Morgan fingerprint density at radius 1 is 1.26 bits per heavy atom. The van der Waals surface area contributed by atoms with E-state index >= 15 is 0 Å². The van der Waals surface area contributed by atoms with Crippen molar-refractivity contribution in [2.24, 2.45) is 0 Å². The number of rotatable bonds is 3. The van der Waals surface area contributed by atoms with Crippen LogP contribution in [0.15, 0.2) is 18.3 Å². The molecule has 0 aliphatic carbocycles. The molecule has 3 saturated heterocycles. The van der Waals surface area contributed by atoms with Gasteiger partial charge in [-0.1, -0.05) is 0 Å². The molecule has 5 rings (SSSR count). The summed E-state index contributed by atoms with van der Waals surface area (Å²) in [6.45, 7) is 3.30. The molecule has 0 amide bonds. The van der Waals surface area contributed by atoms with Gasteiger partial charge in [-0.25, -0.2) is 14.4 Å². The summed E-state index contributed by atoms with van der Waals surface area (Å²) in [6, 6.07) is 2.75. The number of nitrogen functional groups attached to an aromatic ring is 1. The van der Waals surface area contributed by atoms with Gasteiger partial charge in [0.1, 0.15) is 17.3 Å². The number of ether oxygens (including phenoxy) is 1. The number of nitrogens with two attached hydrogens (primary N) is 1. The van der Waals surface area contributed by atoms with Crippen molar-refractivity contribution in [2.45, 2.75) is 43.8 Å². The van der Waals surface area contributed by atoms with E-state index in [1.165, 1.54) is 13.1 Å². The zero-order chi connectivity index (χ0) is 22.0. The van der Waals surface area contributed by atoms with Gasteiger partial charge in [0, 0.05) is 37.3 Å². The van der Waals surface area contributed by atoms with E-state index in [2.05, 4.69) is 19.9 Å². The molecular formula is C20H22F4N6O. The van der Waals surface area contributed by atoms with Crippen LogP contribution in [-0.2, 0) is 10.9 Å². The van der Waals surface area contributed by atoms with Crippen molar-refractivity contribution in [3.05, 3.63) is 23.9 Å². The SMILES string of the molecule is C[C@]1(F)CCN(c2nc(-c3cnc(N)c(C(F)(F)F)c3)cc(N3C[C@@H]4C[C@H]3CO4)n2)C1. The fourth-order valence-electron chi connectivity index (χ4n) is 4.48. The monoisotopic (exact) mass is 438 g/mol. The number of halogens is 4. The molecule has 0 radical (unpaired) electrons. The first kappa shape index (κ1) is 20.2. The largest absolute Gasteiger partial charge is 0.419 e. The molecule has 2 aromatic heterocycles. The summed E-state index contributed by atoms with van der Waals surface area (Å²) in [7, 11) is 0. The molecule has 2 aromatic rings. The summed E-state index contributed by atoms with van der Waals surface area (Å²) in [5, 5.41) is 0. The van der Waals surface area contributed by atoms with E-state index in [0.717, 1.165) is 12.5 Å². The van der Waals surface area contributed by atoms with Crippen LogP contribution >= 0.6 is 0 Å². The highest BCUT2D eigenvalue weighted by Gasteiger charge is 2.41. The summed E-state index contributed by atoms with van der Waals surface area (Å²) in [6.07, 6.45) is -2.05. The molecule has 3 aliphatic rings. The number of pyridine rings is 1. The first-order chi connectivity index (χ1) is 14.6. The van der Waals surface area contributed by atoms with Gasteiger partial charge in [0.2, 0.25) is 5.95 Å². The Morgan fingerprint density at radius 3 is 2.68 bits per heavy atom. The lowest BCUT2D eigenvalue weighted by Gasteiger charge is -2.29. The zero-order valence-corrected chi connectivity index (χ0v) is 16.9. The van der Waals surface area contributed by atoms with Crippen LogP contribution in [0.1, 0.15) is 25.3 Å². The summed E-state index contributed by atoms with van der Waals surface area (Å²) in [5.41, 5.74) is 3.52. The Kier molecular flexibility index (Phi) is 4.51. The fraction of sp³-hybridized carbons (Fsp3) is 0.550. The first-order valence-electron chi connectivity index (χ1n) is 10.1. The Bertz CT molecular complexity index is 1010. The van der Waals surface area contributed by atoms with Crippen LogP contribution < -0.4 is 15.5 Å². The highest BCUT2D eigenvalue weighted by Crippen LogP contribution is 2.38.